The fourth-order valence-corrected chi connectivity index (χ4v) is 2.72. The Labute approximate surface area is 132 Å². The first kappa shape index (κ1) is 16.2. The monoisotopic (exact) mass is 335 g/mol. The highest BCUT2D eigenvalue weighted by molar-refractivity contribution is 7.11. The number of nitro benzene ring substituents is 3. The fraction of sp³-hybridized carbons (Fsp3) is 0.0769. The van der Waals surface area contributed by atoms with Crippen LogP contribution in [0.5, 0.6) is 0 Å². The number of rotatable bonds is 5. The van der Waals surface area contributed by atoms with E-state index in [2.05, 4.69) is 0 Å². The zero-order valence-electron chi connectivity index (χ0n) is 11.7. The van der Waals surface area contributed by atoms with Crippen LogP contribution in [-0.2, 0) is 0 Å². The molecule has 2 rings (SSSR count). The third-order valence-electron chi connectivity index (χ3n) is 3.03. The maximum Gasteiger partial charge on any atom is 0.290 e. The van der Waals surface area contributed by atoms with Crippen LogP contribution in [0.15, 0.2) is 23.6 Å². The van der Waals surface area contributed by atoms with E-state index in [1.807, 2.05) is 18.4 Å². The normalized spacial score (nSPS) is 10.8. The van der Waals surface area contributed by atoms with Crippen molar-refractivity contribution >= 4 is 40.6 Å². The summed E-state index contributed by atoms with van der Waals surface area (Å²) in [5.74, 6) is 0. The van der Waals surface area contributed by atoms with Gasteiger partial charge in [-0.05, 0) is 36.1 Å². The maximum absolute atomic E-state index is 11.1. The van der Waals surface area contributed by atoms with Gasteiger partial charge in [-0.3, -0.25) is 30.3 Å². The third kappa shape index (κ3) is 3.37. The number of hydrogen-bond donors (Lipinski definition) is 0. The third-order valence-corrected chi connectivity index (χ3v) is 4.01. The molecule has 1 heterocycles. The minimum Gasteiger partial charge on any atom is -0.258 e. The van der Waals surface area contributed by atoms with E-state index >= 15 is 0 Å². The van der Waals surface area contributed by atoms with Crippen LogP contribution in [0.25, 0.3) is 12.2 Å². The summed E-state index contributed by atoms with van der Waals surface area (Å²) in [7, 11) is 0. The van der Waals surface area contributed by atoms with E-state index in [4.69, 9.17) is 0 Å². The van der Waals surface area contributed by atoms with Gasteiger partial charge >= 0.3 is 0 Å². The Morgan fingerprint density at radius 2 is 1.52 bits per heavy atom. The molecule has 0 saturated carbocycles. The molecule has 118 valence electrons. The fourth-order valence-electron chi connectivity index (χ4n) is 1.90. The maximum atomic E-state index is 11.1. The molecule has 0 saturated heterocycles. The lowest BCUT2D eigenvalue weighted by Crippen LogP contribution is -2.00. The van der Waals surface area contributed by atoms with Crippen LogP contribution in [-0.4, -0.2) is 14.8 Å². The molecule has 0 spiro atoms. The van der Waals surface area contributed by atoms with Gasteiger partial charge in [-0.2, -0.15) is 0 Å². The first-order valence-electron chi connectivity index (χ1n) is 6.14. The molecule has 0 radical (unpaired) electrons. The summed E-state index contributed by atoms with van der Waals surface area (Å²) in [6.45, 7) is 1.83. The number of benzene rings is 1. The van der Waals surface area contributed by atoms with E-state index in [-0.39, 0.29) is 5.56 Å². The number of aryl methyl sites for hydroxylation is 1. The summed E-state index contributed by atoms with van der Waals surface area (Å²) >= 11 is 1.37. The standard InChI is InChI=1S/C13H9N3O6S/c1-8-4-5-23-13(8)3-2-10-11(15(19)20)6-9(14(17)18)7-12(10)16(21)22/h2-7H,1H3/b3-2+. The molecule has 0 bridgehead atoms. The van der Waals surface area contributed by atoms with E-state index in [1.165, 1.54) is 23.5 Å². The second-order valence-electron chi connectivity index (χ2n) is 4.47. The Hall–Kier alpha value is -3.14. The molecule has 0 N–H and O–H groups in total. The first-order chi connectivity index (χ1) is 10.8. The van der Waals surface area contributed by atoms with Crippen LogP contribution in [0.4, 0.5) is 17.1 Å². The van der Waals surface area contributed by atoms with E-state index in [1.54, 1.807) is 0 Å². The number of non-ortho nitro benzene ring substituents is 1. The molecule has 0 fully saturated rings. The minimum atomic E-state index is -0.906. The zero-order valence-corrected chi connectivity index (χ0v) is 12.5. The molecule has 2 aromatic rings. The molecule has 9 nitrogen and oxygen atoms in total. The molecule has 0 aliphatic heterocycles. The summed E-state index contributed by atoms with van der Waals surface area (Å²) < 4.78 is 0. The molecule has 23 heavy (non-hydrogen) atoms. The second kappa shape index (κ2) is 6.32. The number of nitro groups is 3. The molecule has 10 heteroatoms. The van der Waals surface area contributed by atoms with Crippen molar-refractivity contribution in [1.29, 1.82) is 0 Å². The van der Waals surface area contributed by atoms with Crippen molar-refractivity contribution in [2.75, 3.05) is 0 Å². The Balaban J connectivity index is 2.66. The Morgan fingerprint density at radius 1 is 0.957 bits per heavy atom. The molecule has 0 aliphatic rings. The lowest BCUT2D eigenvalue weighted by atomic mass is 10.1. The lowest BCUT2D eigenvalue weighted by Gasteiger charge is -2.01. The van der Waals surface area contributed by atoms with E-state index in [0.29, 0.717) is 12.1 Å². The van der Waals surface area contributed by atoms with Gasteiger partial charge in [0.2, 0.25) is 0 Å². The number of hydrogen-bond acceptors (Lipinski definition) is 7. The van der Waals surface area contributed by atoms with Gasteiger partial charge in [0, 0.05) is 4.88 Å². The lowest BCUT2D eigenvalue weighted by molar-refractivity contribution is -0.403. The zero-order chi connectivity index (χ0) is 17.1. The van der Waals surface area contributed by atoms with Crippen LogP contribution in [0, 0.1) is 37.3 Å². The molecule has 0 atom stereocenters. The summed E-state index contributed by atoms with van der Waals surface area (Å²) in [6.07, 6.45) is 2.75. The van der Waals surface area contributed by atoms with Gasteiger partial charge in [0.1, 0.15) is 5.56 Å². The van der Waals surface area contributed by atoms with E-state index in [9.17, 15) is 30.3 Å². The van der Waals surface area contributed by atoms with Crippen LogP contribution in [0.2, 0.25) is 0 Å². The van der Waals surface area contributed by atoms with E-state index in [0.717, 1.165) is 10.4 Å². The summed E-state index contributed by atoms with van der Waals surface area (Å²) in [4.78, 5) is 31.2. The van der Waals surface area contributed by atoms with Crippen LogP contribution < -0.4 is 0 Å². The Kier molecular flexibility index (Phi) is 4.46. The average Bonchev–Trinajstić information content (AvgIpc) is 2.89. The van der Waals surface area contributed by atoms with Crippen molar-refractivity contribution < 1.29 is 14.8 Å². The van der Waals surface area contributed by atoms with Gasteiger partial charge in [0.25, 0.3) is 17.1 Å². The van der Waals surface area contributed by atoms with Gasteiger partial charge < -0.3 is 0 Å². The van der Waals surface area contributed by atoms with E-state index < -0.39 is 31.8 Å². The highest BCUT2D eigenvalue weighted by Crippen LogP contribution is 2.35. The van der Waals surface area contributed by atoms with Crippen molar-refractivity contribution in [1.82, 2.24) is 0 Å². The molecule has 0 unspecified atom stereocenters. The summed E-state index contributed by atoms with van der Waals surface area (Å²) in [6, 6.07) is 3.27. The minimum absolute atomic E-state index is 0.279. The molecule has 0 amide bonds. The predicted molar refractivity (Wildman–Crippen MR) is 84.4 cm³/mol. The van der Waals surface area contributed by atoms with Gasteiger partial charge in [0.05, 0.1) is 26.9 Å². The van der Waals surface area contributed by atoms with Gasteiger partial charge in [-0.15, -0.1) is 11.3 Å². The van der Waals surface area contributed by atoms with Gasteiger partial charge in [-0.25, -0.2) is 0 Å². The van der Waals surface area contributed by atoms with Crippen molar-refractivity contribution in [2.24, 2.45) is 0 Å². The summed E-state index contributed by atoms with van der Waals surface area (Å²) in [5.41, 5.74) is -1.43. The van der Waals surface area contributed by atoms with Gasteiger partial charge in [-0.1, -0.05) is 0 Å². The van der Waals surface area contributed by atoms with Crippen molar-refractivity contribution in [2.45, 2.75) is 6.92 Å². The van der Waals surface area contributed by atoms with Crippen molar-refractivity contribution in [3.63, 3.8) is 0 Å². The quantitative estimate of drug-likeness (QED) is 0.600. The average molecular weight is 335 g/mol. The van der Waals surface area contributed by atoms with Crippen LogP contribution in [0.1, 0.15) is 16.0 Å². The molecule has 1 aromatic carbocycles. The topological polar surface area (TPSA) is 129 Å². The van der Waals surface area contributed by atoms with Crippen LogP contribution in [0.3, 0.4) is 0 Å². The highest BCUT2D eigenvalue weighted by atomic mass is 32.1. The smallest absolute Gasteiger partial charge is 0.258 e. The Morgan fingerprint density at radius 3 is 1.91 bits per heavy atom. The highest BCUT2D eigenvalue weighted by Gasteiger charge is 2.28. The molecular formula is C13H9N3O6S. The number of nitrogens with zero attached hydrogens (tertiary/aromatic N) is 3. The second-order valence-corrected chi connectivity index (χ2v) is 5.42. The SMILES string of the molecule is Cc1ccsc1/C=C/c1c([N+](=O)[O-])cc([N+](=O)[O-])cc1[N+](=O)[O-]. The summed E-state index contributed by atoms with van der Waals surface area (Å²) in [5, 5.41) is 34.9. The van der Waals surface area contributed by atoms with Crippen molar-refractivity contribution in [3.8, 4) is 0 Å². The van der Waals surface area contributed by atoms with Crippen LogP contribution >= 0.6 is 11.3 Å². The van der Waals surface area contributed by atoms with Crippen molar-refractivity contribution in [3.05, 3.63) is 69.9 Å². The number of thiophene rings is 1. The van der Waals surface area contributed by atoms with Gasteiger partial charge in [0.15, 0.2) is 0 Å². The Bertz CT molecular complexity index is 807. The predicted octanol–water partition coefficient (Wildman–Crippen LogP) is 3.95. The largest absolute Gasteiger partial charge is 0.290 e. The molecule has 1 aromatic heterocycles. The molecule has 0 aliphatic carbocycles. The first-order valence-corrected chi connectivity index (χ1v) is 7.02. The molecular weight excluding hydrogens is 326 g/mol.